The summed E-state index contributed by atoms with van der Waals surface area (Å²) in [6.45, 7) is 2.34. The van der Waals surface area contributed by atoms with Crippen LogP contribution in [0.25, 0.3) is 0 Å². The van der Waals surface area contributed by atoms with Crippen LogP contribution in [0.1, 0.15) is 20.8 Å². The normalized spacial score (nSPS) is 12.3. The number of rotatable bonds is 6. The summed E-state index contributed by atoms with van der Waals surface area (Å²) in [6.07, 6.45) is 0. The first kappa shape index (κ1) is 20.9. The minimum atomic E-state index is -0.759. The number of hydrogen-bond acceptors (Lipinski definition) is 6. The van der Waals surface area contributed by atoms with Crippen molar-refractivity contribution in [2.75, 3.05) is 24.7 Å². The summed E-state index contributed by atoms with van der Waals surface area (Å²) in [5.41, 5.74) is 1.08. The molecule has 2 heterocycles. The third-order valence-electron chi connectivity index (χ3n) is 4.77. The van der Waals surface area contributed by atoms with E-state index in [1.165, 1.54) is 28.4 Å². The largest absolute Gasteiger partial charge is 0.486 e. The molecule has 8 heteroatoms. The lowest BCUT2D eigenvalue weighted by Gasteiger charge is -2.25. The van der Waals surface area contributed by atoms with E-state index >= 15 is 0 Å². The fourth-order valence-electron chi connectivity index (χ4n) is 3.09. The molecule has 0 N–H and O–H groups in total. The van der Waals surface area contributed by atoms with Gasteiger partial charge in [0.2, 0.25) is 0 Å². The van der Waals surface area contributed by atoms with E-state index < -0.39 is 24.3 Å². The number of carbonyl (C=O) groups excluding carboxylic acids is 2. The van der Waals surface area contributed by atoms with E-state index in [4.69, 9.17) is 14.2 Å². The van der Waals surface area contributed by atoms with Crippen molar-refractivity contribution < 1.29 is 28.2 Å². The number of fused-ring (bicyclic) bond motifs is 1. The van der Waals surface area contributed by atoms with Gasteiger partial charge in [-0.05, 0) is 48.2 Å². The molecule has 0 bridgehead atoms. The van der Waals surface area contributed by atoms with E-state index in [1.807, 2.05) is 17.5 Å². The maximum absolute atomic E-state index is 13.7. The Balaban J connectivity index is 1.51. The lowest BCUT2D eigenvalue weighted by atomic mass is 10.1. The van der Waals surface area contributed by atoms with Crippen molar-refractivity contribution in [1.29, 1.82) is 0 Å². The molecule has 0 fully saturated rings. The van der Waals surface area contributed by atoms with Gasteiger partial charge in [0, 0.05) is 16.6 Å². The van der Waals surface area contributed by atoms with Gasteiger partial charge < -0.3 is 19.1 Å². The quantitative estimate of drug-likeness (QED) is 0.532. The number of aryl methyl sites for hydroxylation is 1. The zero-order chi connectivity index (χ0) is 21.8. The summed E-state index contributed by atoms with van der Waals surface area (Å²) >= 11 is 1.52. The molecule has 4 rings (SSSR count). The van der Waals surface area contributed by atoms with Gasteiger partial charge in [-0.1, -0.05) is 12.1 Å². The summed E-state index contributed by atoms with van der Waals surface area (Å²) in [5, 5.41) is 1.92. The van der Waals surface area contributed by atoms with Gasteiger partial charge in [0.05, 0.1) is 12.1 Å². The number of hydrogen-bond donors (Lipinski definition) is 0. The second kappa shape index (κ2) is 9.18. The van der Waals surface area contributed by atoms with Gasteiger partial charge in [0.25, 0.3) is 5.91 Å². The Hall–Kier alpha value is -3.39. The molecule has 3 aromatic rings. The smallest absolute Gasteiger partial charge is 0.338 e. The van der Waals surface area contributed by atoms with Crippen LogP contribution in [0, 0.1) is 12.7 Å². The zero-order valence-corrected chi connectivity index (χ0v) is 17.6. The number of esters is 1. The summed E-state index contributed by atoms with van der Waals surface area (Å²) < 4.78 is 30.1. The van der Waals surface area contributed by atoms with Crippen LogP contribution in [-0.4, -0.2) is 31.7 Å². The summed E-state index contributed by atoms with van der Waals surface area (Å²) in [6, 6.07) is 13.1. The van der Waals surface area contributed by atoms with Gasteiger partial charge in [-0.15, -0.1) is 11.3 Å². The van der Waals surface area contributed by atoms with Gasteiger partial charge in [-0.25, -0.2) is 9.18 Å². The fraction of sp³-hybridized carbons (Fsp3) is 0.217. The number of ether oxygens (including phenoxy) is 3. The van der Waals surface area contributed by atoms with E-state index in [1.54, 1.807) is 25.1 Å². The van der Waals surface area contributed by atoms with E-state index in [-0.39, 0.29) is 5.56 Å². The third-order valence-corrected chi connectivity index (χ3v) is 5.63. The number of carbonyl (C=O) groups is 2. The monoisotopic (exact) mass is 441 g/mol. The number of anilines is 1. The molecule has 1 aromatic heterocycles. The molecule has 0 radical (unpaired) electrons. The van der Waals surface area contributed by atoms with E-state index in [9.17, 15) is 14.0 Å². The minimum absolute atomic E-state index is 0.0556. The zero-order valence-electron chi connectivity index (χ0n) is 16.8. The fourth-order valence-corrected chi connectivity index (χ4v) is 3.78. The first-order valence-corrected chi connectivity index (χ1v) is 10.5. The third kappa shape index (κ3) is 4.86. The van der Waals surface area contributed by atoms with E-state index in [2.05, 4.69) is 0 Å². The molecule has 0 spiro atoms. The molecule has 0 atom stereocenters. The van der Waals surface area contributed by atoms with Crippen LogP contribution in [0.4, 0.5) is 10.1 Å². The number of nitrogens with zero attached hydrogens (tertiary/aromatic N) is 1. The molecule has 31 heavy (non-hydrogen) atoms. The molecule has 0 saturated heterocycles. The van der Waals surface area contributed by atoms with Crippen molar-refractivity contribution in [2.24, 2.45) is 0 Å². The molecular weight excluding hydrogens is 421 g/mol. The Bertz CT molecular complexity index is 1100. The first-order chi connectivity index (χ1) is 15.0. The highest BCUT2D eigenvalue weighted by molar-refractivity contribution is 7.09. The maximum Gasteiger partial charge on any atom is 0.338 e. The van der Waals surface area contributed by atoms with Crippen molar-refractivity contribution in [2.45, 2.75) is 13.5 Å². The molecule has 0 unspecified atom stereocenters. The Morgan fingerprint density at radius 3 is 2.65 bits per heavy atom. The van der Waals surface area contributed by atoms with Crippen LogP contribution in [0.2, 0.25) is 0 Å². The topological polar surface area (TPSA) is 65.1 Å². The van der Waals surface area contributed by atoms with Crippen LogP contribution >= 0.6 is 11.3 Å². The van der Waals surface area contributed by atoms with Gasteiger partial charge in [0.1, 0.15) is 19.0 Å². The number of halogens is 1. The molecule has 2 aromatic carbocycles. The van der Waals surface area contributed by atoms with Crippen LogP contribution in [0.15, 0.2) is 53.9 Å². The lowest BCUT2D eigenvalue weighted by molar-refractivity contribution is -0.121. The summed E-state index contributed by atoms with van der Waals surface area (Å²) in [4.78, 5) is 27.8. The van der Waals surface area contributed by atoms with Crippen LogP contribution in [-0.2, 0) is 16.1 Å². The molecule has 1 aliphatic rings. The first-order valence-electron chi connectivity index (χ1n) is 9.67. The Morgan fingerprint density at radius 2 is 1.90 bits per heavy atom. The Morgan fingerprint density at radius 1 is 1.10 bits per heavy atom. The number of benzene rings is 2. The lowest BCUT2D eigenvalue weighted by Crippen LogP contribution is -2.34. The van der Waals surface area contributed by atoms with Gasteiger partial charge in [-0.2, -0.15) is 0 Å². The van der Waals surface area contributed by atoms with Crippen molar-refractivity contribution in [1.82, 2.24) is 0 Å². The second-order valence-corrected chi connectivity index (χ2v) is 7.96. The highest BCUT2D eigenvalue weighted by atomic mass is 32.1. The number of amides is 1. The summed E-state index contributed by atoms with van der Waals surface area (Å²) in [7, 11) is 0. The maximum atomic E-state index is 13.7. The molecule has 6 nitrogen and oxygen atoms in total. The highest BCUT2D eigenvalue weighted by Crippen LogP contribution is 2.34. The van der Waals surface area contributed by atoms with Crippen molar-refractivity contribution in [3.05, 3.63) is 75.7 Å². The van der Waals surface area contributed by atoms with E-state index in [0.29, 0.717) is 42.5 Å². The Kier molecular flexibility index (Phi) is 6.18. The van der Waals surface area contributed by atoms with Crippen LogP contribution in [0.5, 0.6) is 11.5 Å². The van der Waals surface area contributed by atoms with Crippen molar-refractivity contribution in [3.63, 3.8) is 0 Å². The predicted octanol–water partition coefficient (Wildman–Crippen LogP) is 4.36. The average molecular weight is 441 g/mol. The molecule has 160 valence electrons. The molecule has 1 aliphatic heterocycles. The number of thiophene rings is 1. The highest BCUT2D eigenvalue weighted by Gasteiger charge is 2.22. The Labute approximate surface area is 182 Å². The summed E-state index contributed by atoms with van der Waals surface area (Å²) in [5.74, 6) is -0.501. The van der Waals surface area contributed by atoms with Crippen molar-refractivity contribution >= 4 is 28.9 Å². The SMILES string of the molecule is Cc1ccc(C(=O)OCC(=O)N(Cc2cccs2)c2ccc3c(c2)OCCO3)cc1F. The molecule has 0 saturated carbocycles. The molecule has 0 aliphatic carbocycles. The average Bonchev–Trinajstić information content (AvgIpc) is 3.30. The predicted molar refractivity (Wildman–Crippen MR) is 114 cm³/mol. The van der Waals surface area contributed by atoms with Crippen LogP contribution in [0.3, 0.4) is 0 Å². The van der Waals surface area contributed by atoms with Gasteiger partial charge >= 0.3 is 5.97 Å². The minimum Gasteiger partial charge on any atom is -0.486 e. The second-order valence-electron chi connectivity index (χ2n) is 6.93. The molecular formula is C23H20FNO5S. The van der Waals surface area contributed by atoms with Gasteiger partial charge in [-0.3, -0.25) is 4.79 Å². The van der Waals surface area contributed by atoms with E-state index in [0.717, 1.165) is 10.9 Å². The standard InChI is InChI=1S/C23H20FNO5S/c1-15-4-5-16(11-19(15)24)23(27)30-14-22(26)25(13-18-3-2-10-31-18)17-6-7-20-21(12-17)29-9-8-28-20/h2-7,10-12H,8-9,13-14H2,1H3. The van der Waals surface area contributed by atoms with Crippen molar-refractivity contribution in [3.8, 4) is 11.5 Å². The molecule has 1 amide bonds. The van der Waals surface area contributed by atoms with Crippen LogP contribution < -0.4 is 14.4 Å². The van der Waals surface area contributed by atoms with Gasteiger partial charge in [0.15, 0.2) is 18.1 Å².